The van der Waals surface area contributed by atoms with Crippen molar-refractivity contribution in [3.63, 3.8) is 0 Å². The molecule has 0 amide bonds. The summed E-state index contributed by atoms with van der Waals surface area (Å²) in [6, 6.07) is 5.62. The summed E-state index contributed by atoms with van der Waals surface area (Å²) in [5.41, 5.74) is -0.0491. The molecular weight excluding hydrogens is 322 g/mol. The van der Waals surface area contributed by atoms with Gasteiger partial charge in [0.15, 0.2) is 11.3 Å². The van der Waals surface area contributed by atoms with Gasteiger partial charge in [-0.05, 0) is 51.8 Å². The van der Waals surface area contributed by atoms with Crippen LogP contribution in [0.5, 0.6) is 5.75 Å². The molecule has 1 heterocycles. The molecule has 0 saturated heterocycles. The Hall–Kier alpha value is -1.36. The van der Waals surface area contributed by atoms with Crippen LogP contribution >= 0.6 is 15.9 Å². The number of ether oxygens (including phenoxy) is 2. The average Bonchev–Trinajstić information content (AvgIpc) is 3.07. The Kier molecular flexibility index (Phi) is 2.94. The van der Waals surface area contributed by atoms with Crippen LogP contribution in [0, 0.1) is 0 Å². The summed E-state index contributed by atoms with van der Waals surface area (Å²) in [6.07, 6.45) is 1.61. The van der Waals surface area contributed by atoms with Gasteiger partial charge in [0.25, 0.3) is 0 Å². The first-order chi connectivity index (χ1) is 9.29. The second-order valence-corrected chi connectivity index (χ2v) is 7.09. The van der Waals surface area contributed by atoms with Gasteiger partial charge < -0.3 is 9.47 Å². The van der Waals surface area contributed by atoms with Crippen LogP contribution in [0.25, 0.3) is 0 Å². The maximum atomic E-state index is 12.3. The Labute approximate surface area is 126 Å². The van der Waals surface area contributed by atoms with E-state index in [9.17, 15) is 4.79 Å². The second-order valence-electron chi connectivity index (χ2n) is 6.17. The summed E-state index contributed by atoms with van der Waals surface area (Å²) in [4.78, 5) is 16.8. The quantitative estimate of drug-likeness (QED) is 0.732. The third-order valence-corrected chi connectivity index (χ3v) is 3.68. The highest BCUT2D eigenvalue weighted by atomic mass is 79.9. The van der Waals surface area contributed by atoms with Gasteiger partial charge in [-0.15, -0.1) is 0 Å². The highest BCUT2D eigenvalue weighted by molar-refractivity contribution is 9.10. The molecular formula is C15H16BrNO3. The zero-order valence-corrected chi connectivity index (χ0v) is 13.3. The van der Waals surface area contributed by atoms with Gasteiger partial charge in [0.2, 0.25) is 0 Å². The molecule has 20 heavy (non-hydrogen) atoms. The van der Waals surface area contributed by atoms with E-state index in [2.05, 4.69) is 20.9 Å². The fourth-order valence-electron chi connectivity index (χ4n) is 2.16. The zero-order valence-electron chi connectivity index (χ0n) is 11.7. The van der Waals surface area contributed by atoms with Crippen LogP contribution in [-0.4, -0.2) is 22.9 Å². The second kappa shape index (κ2) is 4.32. The molecule has 4 nitrogen and oxygen atoms in total. The first-order valence-electron chi connectivity index (χ1n) is 6.60. The number of benzene rings is 1. The number of carbonyl (C=O) groups excluding carboxylic acids is 1. The Morgan fingerprint density at radius 2 is 2.10 bits per heavy atom. The molecule has 1 aromatic rings. The van der Waals surface area contributed by atoms with E-state index in [1.807, 2.05) is 39.0 Å². The van der Waals surface area contributed by atoms with Crippen molar-refractivity contribution in [2.45, 2.75) is 44.8 Å². The molecule has 2 aliphatic rings. The molecule has 1 saturated carbocycles. The van der Waals surface area contributed by atoms with Crippen LogP contribution in [0.2, 0.25) is 0 Å². The number of aliphatic imine (C=N–C) groups is 1. The number of halogens is 1. The number of carbonyl (C=O) groups is 1. The number of hydrogen-bond acceptors (Lipinski definition) is 4. The minimum atomic E-state index is -0.566. The van der Waals surface area contributed by atoms with Gasteiger partial charge in [-0.25, -0.2) is 9.79 Å². The zero-order chi connectivity index (χ0) is 14.5. The minimum Gasteiger partial charge on any atom is -0.478 e. The average molecular weight is 338 g/mol. The van der Waals surface area contributed by atoms with Crippen molar-refractivity contribution in [3.05, 3.63) is 22.7 Å². The number of esters is 1. The SMILES string of the molecule is CC(C)(C)OC(=O)C1=Nc2cc(Br)ccc2OC12CC2. The predicted molar refractivity (Wildman–Crippen MR) is 79.7 cm³/mol. The lowest BCUT2D eigenvalue weighted by molar-refractivity contribution is -0.146. The molecule has 0 bridgehead atoms. The summed E-state index contributed by atoms with van der Waals surface area (Å²) in [7, 11) is 0. The molecule has 1 spiro atoms. The van der Waals surface area contributed by atoms with Crippen LogP contribution in [0.15, 0.2) is 27.7 Å². The fraction of sp³-hybridized carbons (Fsp3) is 0.467. The van der Waals surface area contributed by atoms with Gasteiger partial charge in [0.05, 0.1) is 0 Å². The van der Waals surface area contributed by atoms with E-state index in [0.717, 1.165) is 23.1 Å². The lowest BCUT2D eigenvalue weighted by Gasteiger charge is -2.27. The summed E-state index contributed by atoms with van der Waals surface area (Å²) < 4.78 is 12.3. The van der Waals surface area contributed by atoms with E-state index in [0.29, 0.717) is 11.4 Å². The van der Waals surface area contributed by atoms with Gasteiger partial charge in [-0.2, -0.15) is 0 Å². The maximum Gasteiger partial charge on any atom is 0.357 e. The minimum absolute atomic E-state index is 0.387. The molecule has 1 fully saturated rings. The van der Waals surface area contributed by atoms with Crippen molar-refractivity contribution in [3.8, 4) is 5.75 Å². The largest absolute Gasteiger partial charge is 0.478 e. The van der Waals surface area contributed by atoms with Crippen molar-refractivity contribution < 1.29 is 14.3 Å². The van der Waals surface area contributed by atoms with Crippen LogP contribution in [0.1, 0.15) is 33.6 Å². The molecule has 0 aromatic heterocycles. The number of rotatable bonds is 1. The topological polar surface area (TPSA) is 47.9 Å². The van der Waals surface area contributed by atoms with Crippen molar-refractivity contribution in [2.75, 3.05) is 0 Å². The normalized spacial score (nSPS) is 18.9. The third-order valence-electron chi connectivity index (χ3n) is 3.19. The van der Waals surface area contributed by atoms with E-state index in [4.69, 9.17) is 9.47 Å². The molecule has 1 aromatic carbocycles. The Morgan fingerprint density at radius 1 is 1.40 bits per heavy atom. The van der Waals surface area contributed by atoms with E-state index in [1.165, 1.54) is 0 Å². The van der Waals surface area contributed by atoms with E-state index in [-0.39, 0.29) is 5.97 Å². The summed E-state index contributed by atoms with van der Waals surface area (Å²) >= 11 is 3.40. The van der Waals surface area contributed by atoms with Crippen LogP contribution in [0.4, 0.5) is 5.69 Å². The summed E-state index contributed by atoms with van der Waals surface area (Å²) in [5.74, 6) is 0.332. The van der Waals surface area contributed by atoms with Crippen molar-refractivity contribution >= 4 is 33.3 Å². The van der Waals surface area contributed by atoms with Crippen LogP contribution in [-0.2, 0) is 9.53 Å². The molecule has 1 aliphatic heterocycles. The summed E-state index contributed by atoms with van der Waals surface area (Å²) in [5, 5.41) is 0. The first kappa shape index (κ1) is 13.6. The number of fused-ring (bicyclic) bond motifs is 1. The Bertz CT molecular complexity index is 612. The van der Waals surface area contributed by atoms with E-state index in [1.54, 1.807) is 0 Å². The number of hydrogen-bond donors (Lipinski definition) is 0. The van der Waals surface area contributed by atoms with Gasteiger partial charge in [-0.3, -0.25) is 0 Å². The molecule has 106 valence electrons. The monoisotopic (exact) mass is 337 g/mol. The Morgan fingerprint density at radius 3 is 2.70 bits per heavy atom. The number of nitrogens with zero attached hydrogens (tertiary/aromatic N) is 1. The molecule has 1 aliphatic carbocycles. The van der Waals surface area contributed by atoms with Crippen molar-refractivity contribution in [1.82, 2.24) is 0 Å². The Balaban J connectivity index is 1.98. The van der Waals surface area contributed by atoms with E-state index < -0.39 is 11.2 Å². The van der Waals surface area contributed by atoms with Crippen LogP contribution < -0.4 is 4.74 Å². The molecule has 0 atom stereocenters. The summed E-state index contributed by atoms with van der Waals surface area (Å²) in [6.45, 7) is 5.54. The van der Waals surface area contributed by atoms with Gasteiger partial charge in [0.1, 0.15) is 17.0 Å². The van der Waals surface area contributed by atoms with Gasteiger partial charge >= 0.3 is 5.97 Å². The first-order valence-corrected chi connectivity index (χ1v) is 7.39. The highest BCUT2D eigenvalue weighted by Gasteiger charge is 2.56. The van der Waals surface area contributed by atoms with E-state index >= 15 is 0 Å². The lowest BCUT2D eigenvalue weighted by atomic mass is 10.1. The fourth-order valence-corrected chi connectivity index (χ4v) is 2.50. The standard InChI is InChI=1S/C15H16BrNO3/c1-14(2,3)20-13(18)12-15(6-7-15)19-11-5-4-9(16)8-10(11)17-12/h4-5,8H,6-7H2,1-3H3. The highest BCUT2D eigenvalue weighted by Crippen LogP contribution is 2.49. The third kappa shape index (κ3) is 2.46. The van der Waals surface area contributed by atoms with Gasteiger partial charge in [0, 0.05) is 4.47 Å². The van der Waals surface area contributed by atoms with Crippen molar-refractivity contribution in [2.24, 2.45) is 4.99 Å². The predicted octanol–water partition coefficient (Wildman–Crippen LogP) is 3.79. The van der Waals surface area contributed by atoms with Gasteiger partial charge in [-0.1, -0.05) is 15.9 Å². The lowest BCUT2D eigenvalue weighted by Crippen LogP contribution is -2.41. The molecule has 0 unspecified atom stereocenters. The maximum absolute atomic E-state index is 12.3. The smallest absolute Gasteiger partial charge is 0.357 e. The molecule has 0 N–H and O–H groups in total. The molecule has 0 radical (unpaired) electrons. The van der Waals surface area contributed by atoms with Crippen LogP contribution in [0.3, 0.4) is 0 Å². The molecule has 3 rings (SSSR count). The van der Waals surface area contributed by atoms with Crippen molar-refractivity contribution in [1.29, 1.82) is 0 Å². The molecule has 5 heteroatoms.